The predicted molar refractivity (Wildman–Crippen MR) is 120 cm³/mol. The van der Waals surface area contributed by atoms with E-state index in [4.69, 9.17) is 11.6 Å². The van der Waals surface area contributed by atoms with E-state index in [2.05, 4.69) is 26.1 Å². The molecule has 176 valence electrons. The van der Waals surface area contributed by atoms with E-state index in [0.717, 1.165) is 29.5 Å². The highest BCUT2D eigenvalue weighted by Crippen LogP contribution is 2.37. The summed E-state index contributed by atoms with van der Waals surface area (Å²) >= 11 is 5.61. The van der Waals surface area contributed by atoms with Gasteiger partial charge in [0.2, 0.25) is 15.9 Å². The molecular weight excluding hydrogens is 465 g/mol. The first-order valence-electron chi connectivity index (χ1n) is 9.74. The summed E-state index contributed by atoms with van der Waals surface area (Å²) in [5.74, 6) is -0.661. The standard InChI is InChI=1S/C22H26ClF3N2O3S/c1-14(15-6-8-16(9-7-15)21(2,3)4)27-20(29)13-28(32(5,30)31)17-10-11-19(23)18(12-17)22(24,25)26/h6-12,14H,13H2,1-5H3,(H,27,29)/t14-/m0/s1. The van der Waals surface area contributed by atoms with E-state index in [1.165, 1.54) is 0 Å². The number of carbonyl (C=O) groups excluding carboxylic acids is 1. The van der Waals surface area contributed by atoms with Crippen molar-refractivity contribution < 1.29 is 26.4 Å². The van der Waals surface area contributed by atoms with Crippen LogP contribution in [0, 0.1) is 0 Å². The summed E-state index contributed by atoms with van der Waals surface area (Å²) in [5, 5.41) is 2.13. The molecule has 10 heteroatoms. The zero-order valence-electron chi connectivity index (χ0n) is 18.4. The second-order valence-electron chi connectivity index (χ2n) is 8.59. The maximum absolute atomic E-state index is 13.2. The summed E-state index contributed by atoms with van der Waals surface area (Å²) in [7, 11) is -4.05. The molecule has 0 aliphatic rings. The Morgan fingerprint density at radius 3 is 2.12 bits per heavy atom. The molecule has 0 saturated carbocycles. The second kappa shape index (κ2) is 9.31. The van der Waals surface area contributed by atoms with Gasteiger partial charge < -0.3 is 5.32 Å². The van der Waals surface area contributed by atoms with Crippen molar-refractivity contribution >= 4 is 33.2 Å². The molecule has 2 aromatic rings. The lowest BCUT2D eigenvalue weighted by atomic mass is 9.86. The lowest BCUT2D eigenvalue weighted by molar-refractivity contribution is -0.137. The second-order valence-corrected chi connectivity index (χ2v) is 10.9. The highest BCUT2D eigenvalue weighted by atomic mass is 35.5. The predicted octanol–water partition coefficient (Wildman–Crippen LogP) is 5.30. The van der Waals surface area contributed by atoms with Gasteiger partial charge in [0, 0.05) is 0 Å². The summed E-state index contributed by atoms with van der Waals surface area (Å²) in [6.07, 6.45) is -3.96. The number of amides is 1. The number of nitrogens with one attached hydrogen (secondary N) is 1. The zero-order valence-corrected chi connectivity index (χ0v) is 20.0. The molecule has 0 fully saturated rings. The average molecular weight is 491 g/mol. The van der Waals surface area contributed by atoms with E-state index in [1.54, 1.807) is 6.92 Å². The van der Waals surface area contributed by atoms with E-state index in [0.29, 0.717) is 10.4 Å². The lowest BCUT2D eigenvalue weighted by Crippen LogP contribution is -2.41. The van der Waals surface area contributed by atoms with Crippen LogP contribution in [0.1, 0.15) is 50.4 Å². The molecule has 0 aromatic heterocycles. The third-order valence-corrected chi connectivity index (χ3v) is 6.36. The van der Waals surface area contributed by atoms with Gasteiger partial charge in [-0.15, -0.1) is 0 Å². The molecule has 32 heavy (non-hydrogen) atoms. The van der Waals surface area contributed by atoms with Gasteiger partial charge in [0.25, 0.3) is 0 Å². The Bertz CT molecular complexity index is 1080. The van der Waals surface area contributed by atoms with Gasteiger partial charge in [-0.05, 0) is 41.7 Å². The topological polar surface area (TPSA) is 66.5 Å². The van der Waals surface area contributed by atoms with Crippen molar-refractivity contribution in [2.75, 3.05) is 17.1 Å². The van der Waals surface area contributed by atoms with Crippen molar-refractivity contribution in [1.82, 2.24) is 5.32 Å². The molecule has 5 nitrogen and oxygen atoms in total. The van der Waals surface area contributed by atoms with Gasteiger partial charge in [0.05, 0.1) is 28.6 Å². The van der Waals surface area contributed by atoms with Crippen molar-refractivity contribution in [3.8, 4) is 0 Å². The fraction of sp³-hybridized carbons (Fsp3) is 0.409. The Labute approximate surface area is 191 Å². The minimum absolute atomic E-state index is 0.0329. The molecule has 0 heterocycles. The maximum Gasteiger partial charge on any atom is 0.417 e. The normalized spacial score (nSPS) is 13.5. The van der Waals surface area contributed by atoms with E-state index in [-0.39, 0.29) is 11.1 Å². The van der Waals surface area contributed by atoms with Crippen molar-refractivity contribution in [2.24, 2.45) is 0 Å². The third-order valence-electron chi connectivity index (χ3n) is 4.89. The molecule has 1 N–H and O–H groups in total. The lowest BCUT2D eigenvalue weighted by Gasteiger charge is -2.24. The van der Waals surface area contributed by atoms with Crippen LogP contribution in [0.3, 0.4) is 0 Å². The monoisotopic (exact) mass is 490 g/mol. The summed E-state index contributed by atoms with van der Waals surface area (Å²) < 4.78 is 64.6. The molecule has 0 radical (unpaired) electrons. The van der Waals surface area contributed by atoms with Crippen LogP contribution in [0.2, 0.25) is 5.02 Å². The molecule has 2 aromatic carbocycles. The number of hydrogen-bond donors (Lipinski definition) is 1. The fourth-order valence-electron chi connectivity index (χ4n) is 3.06. The Balaban J connectivity index is 2.23. The molecule has 2 rings (SSSR count). The minimum atomic E-state index is -4.77. The van der Waals surface area contributed by atoms with Crippen LogP contribution in [0.25, 0.3) is 0 Å². The highest BCUT2D eigenvalue weighted by Gasteiger charge is 2.34. The SMILES string of the molecule is C[C@H](NC(=O)CN(c1ccc(Cl)c(C(F)(F)F)c1)S(C)(=O)=O)c1ccc(C(C)(C)C)cc1. The number of carbonyl (C=O) groups is 1. The largest absolute Gasteiger partial charge is 0.417 e. The van der Waals surface area contributed by atoms with Crippen molar-refractivity contribution in [1.29, 1.82) is 0 Å². The summed E-state index contributed by atoms with van der Waals surface area (Å²) in [4.78, 5) is 12.6. The fourth-order valence-corrected chi connectivity index (χ4v) is 4.13. The molecule has 0 aliphatic carbocycles. The molecule has 0 aliphatic heterocycles. The number of sulfonamides is 1. The summed E-state index contributed by atoms with van der Waals surface area (Å²) in [6, 6.07) is 9.90. The van der Waals surface area contributed by atoms with Gasteiger partial charge in [0.15, 0.2) is 0 Å². The molecule has 1 atom stereocenters. The van der Waals surface area contributed by atoms with Crippen LogP contribution in [0.4, 0.5) is 18.9 Å². The van der Waals surface area contributed by atoms with Gasteiger partial charge in [-0.25, -0.2) is 8.42 Å². The van der Waals surface area contributed by atoms with E-state index >= 15 is 0 Å². The molecule has 0 spiro atoms. The van der Waals surface area contributed by atoms with Gasteiger partial charge in [-0.3, -0.25) is 9.10 Å². The highest BCUT2D eigenvalue weighted by molar-refractivity contribution is 7.92. The number of halogens is 4. The third kappa shape index (κ3) is 6.62. The Morgan fingerprint density at radius 1 is 1.09 bits per heavy atom. The van der Waals surface area contributed by atoms with Crippen LogP contribution in [-0.4, -0.2) is 27.1 Å². The van der Waals surface area contributed by atoms with E-state index in [9.17, 15) is 26.4 Å². The number of nitrogens with zero attached hydrogens (tertiary/aromatic N) is 1. The number of hydrogen-bond acceptors (Lipinski definition) is 3. The first-order valence-corrected chi connectivity index (χ1v) is 12.0. The first-order chi connectivity index (χ1) is 14.5. The van der Waals surface area contributed by atoms with Crippen molar-refractivity contribution in [3.05, 3.63) is 64.2 Å². The van der Waals surface area contributed by atoms with Crippen molar-refractivity contribution in [2.45, 2.75) is 45.3 Å². The van der Waals surface area contributed by atoms with Gasteiger partial charge >= 0.3 is 6.18 Å². The Kier molecular flexibility index (Phi) is 7.56. The first kappa shape index (κ1) is 26.0. The molecular formula is C22H26ClF3N2O3S. The Morgan fingerprint density at radius 2 is 1.66 bits per heavy atom. The Hall–Kier alpha value is -2.26. The van der Waals surface area contributed by atoms with Gasteiger partial charge in [-0.2, -0.15) is 13.2 Å². The van der Waals surface area contributed by atoms with Crippen LogP contribution in [-0.2, 0) is 26.4 Å². The number of rotatable bonds is 6. The number of alkyl halides is 3. The summed E-state index contributed by atoms with van der Waals surface area (Å²) in [5.41, 5.74) is 0.406. The van der Waals surface area contributed by atoms with Gasteiger partial charge in [0.1, 0.15) is 6.54 Å². The molecule has 0 bridgehead atoms. The summed E-state index contributed by atoms with van der Waals surface area (Å²) in [6.45, 7) is 7.29. The maximum atomic E-state index is 13.2. The van der Waals surface area contributed by atoms with E-state index in [1.807, 2.05) is 24.3 Å². The molecule has 1 amide bonds. The van der Waals surface area contributed by atoms with Crippen LogP contribution < -0.4 is 9.62 Å². The molecule has 0 unspecified atom stereocenters. The van der Waals surface area contributed by atoms with Gasteiger partial charge in [-0.1, -0.05) is 56.6 Å². The van der Waals surface area contributed by atoms with E-state index < -0.39 is 45.3 Å². The van der Waals surface area contributed by atoms with Crippen molar-refractivity contribution in [3.63, 3.8) is 0 Å². The number of anilines is 1. The number of benzene rings is 2. The quantitative estimate of drug-likeness (QED) is 0.597. The zero-order chi connectivity index (χ0) is 24.5. The van der Waals surface area contributed by atoms with Crippen LogP contribution in [0.15, 0.2) is 42.5 Å². The van der Waals surface area contributed by atoms with Crippen LogP contribution >= 0.6 is 11.6 Å². The smallest absolute Gasteiger partial charge is 0.348 e. The van der Waals surface area contributed by atoms with Crippen LogP contribution in [0.5, 0.6) is 0 Å². The molecule has 0 saturated heterocycles. The average Bonchev–Trinajstić information content (AvgIpc) is 2.64. The minimum Gasteiger partial charge on any atom is -0.348 e.